The smallest absolute Gasteiger partial charge is 0.251 e. The van der Waals surface area contributed by atoms with Crippen LogP contribution in [0.5, 0.6) is 11.5 Å². The molecule has 140 valence electrons. The van der Waals surface area contributed by atoms with Crippen molar-refractivity contribution in [2.75, 3.05) is 20.3 Å². The summed E-state index contributed by atoms with van der Waals surface area (Å²) in [5, 5.41) is 12.9. The van der Waals surface area contributed by atoms with Gasteiger partial charge in [-0.25, -0.2) is 4.39 Å². The van der Waals surface area contributed by atoms with Gasteiger partial charge in [0.1, 0.15) is 5.82 Å². The largest absolute Gasteiger partial charge is 0.493 e. The molecule has 1 unspecified atom stereocenters. The van der Waals surface area contributed by atoms with Crippen molar-refractivity contribution in [1.82, 2.24) is 5.32 Å². The number of benzene rings is 2. The van der Waals surface area contributed by atoms with Gasteiger partial charge in [-0.2, -0.15) is 0 Å². The Balaban J connectivity index is 2.08. The van der Waals surface area contributed by atoms with E-state index in [1.807, 2.05) is 6.92 Å². The Bertz CT molecular complexity index is 769. The molecule has 2 aromatic carbocycles. The van der Waals surface area contributed by atoms with Gasteiger partial charge in [0.25, 0.3) is 5.91 Å². The van der Waals surface area contributed by atoms with E-state index in [2.05, 4.69) is 5.32 Å². The summed E-state index contributed by atoms with van der Waals surface area (Å²) >= 11 is 6.19. The summed E-state index contributed by atoms with van der Waals surface area (Å²) in [6.45, 7) is 2.36. The van der Waals surface area contributed by atoms with Gasteiger partial charge >= 0.3 is 0 Å². The first-order valence-corrected chi connectivity index (χ1v) is 8.56. The van der Waals surface area contributed by atoms with Crippen molar-refractivity contribution < 1.29 is 23.8 Å². The van der Waals surface area contributed by atoms with Crippen LogP contribution in [-0.2, 0) is 0 Å². The second-order valence-electron chi connectivity index (χ2n) is 5.62. The number of aliphatic hydroxyl groups is 1. The third kappa shape index (κ3) is 5.09. The number of rotatable bonds is 8. The number of hydrogen-bond donors (Lipinski definition) is 2. The molecule has 26 heavy (non-hydrogen) atoms. The molecular formula is C19H21ClFNO4. The summed E-state index contributed by atoms with van der Waals surface area (Å²) in [4.78, 5) is 12.3. The highest BCUT2D eigenvalue weighted by Crippen LogP contribution is 2.36. The van der Waals surface area contributed by atoms with E-state index in [4.69, 9.17) is 21.1 Å². The van der Waals surface area contributed by atoms with E-state index in [-0.39, 0.29) is 17.1 Å². The van der Waals surface area contributed by atoms with Crippen molar-refractivity contribution >= 4 is 17.5 Å². The fraction of sp³-hybridized carbons (Fsp3) is 0.316. The Kier molecular flexibility index (Phi) is 7.24. The van der Waals surface area contributed by atoms with E-state index in [1.54, 1.807) is 6.07 Å². The summed E-state index contributed by atoms with van der Waals surface area (Å²) in [6, 6.07) is 8.57. The van der Waals surface area contributed by atoms with Crippen molar-refractivity contribution in [3.63, 3.8) is 0 Å². The molecule has 7 heteroatoms. The molecule has 0 saturated carbocycles. The van der Waals surface area contributed by atoms with E-state index >= 15 is 0 Å². The summed E-state index contributed by atoms with van der Waals surface area (Å²) in [5.74, 6) is -0.163. The predicted octanol–water partition coefficient (Wildman–Crippen LogP) is 3.74. The Morgan fingerprint density at radius 2 is 2.12 bits per heavy atom. The van der Waals surface area contributed by atoms with Crippen molar-refractivity contribution in [1.29, 1.82) is 0 Å². The van der Waals surface area contributed by atoms with E-state index in [0.29, 0.717) is 23.7 Å². The van der Waals surface area contributed by atoms with Crippen LogP contribution in [0, 0.1) is 5.82 Å². The van der Waals surface area contributed by atoms with Crippen LogP contribution in [0.1, 0.15) is 35.4 Å². The molecule has 0 spiro atoms. The van der Waals surface area contributed by atoms with Gasteiger partial charge in [-0.05, 0) is 36.2 Å². The van der Waals surface area contributed by atoms with Crippen LogP contribution in [-0.4, -0.2) is 31.3 Å². The molecule has 2 N–H and O–H groups in total. The number of hydrogen-bond acceptors (Lipinski definition) is 4. The van der Waals surface area contributed by atoms with Gasteiger partial charge in [-0.1, -0.05) is 30.7 Å². The number of halogens is 2. The van der Waals surface area contributed by atoms with E-state index in [9.17, 15) is 14.3 Å². The third-order valence-electron chi connectivity index (χ3n) is 3.63. The van der Waals surface area contributed by atoms with E-state index < -0.39 is 17.8 Å². The number of nitrogens with one attached hydrogen (secondary N) is 1. The maximum absolute atomic E-state index is 13.2. The highest BCUT2D eigenvalue weighted by atomic mass is 35.5. The molecule has 1 atom stereocenters. The van der Waals surface area contributed by atoms with E-state index in [0.717, 1.165) is 6.42 Å². The number of carbonyl (C=O) groups is 1. The Hall–Kier alpha value is -2.31. The van der Waals surface area contributed by atoms with Gasteiger partial charge in [0.15, 0.2) is 11.5 Å². The van der Waals surface area contributed by atoms with Gasteiger partial charge in [0.05, 0.1) is 24.8 Å². The molecule has 0 aliphatic carbocycles. The lowest BCUT2D eigenvalue weighted by atomic mass is 10.1. The lowest BCUT2D eigenvalue weighted by molar-refractivity contribution is 0.0916. The van der Waals surface area contributed by atoms with E-state index in [1.165, 1.54) is 37.4 Å². The standard InChI is InChI=1S/C19H21ClFNO4/c1-3-7-26-18-15(20)9-13(10-17(18)25-2)19(24)22-11-16(23)12-5-4-6-14(21)8-12/h4-6,8-10,16,23H,3,7,11H2,1-2H3,(H,22,24). The lowest BCUT2D eigenvalue weighted by Crippen LogP contribution is -2.28. The molecule has 0 saturated heterocycles. The lowest BCUT2D eigenvalue weighted by Gasteiger charge is -2.15. The van der Waals surface area contributed by atoms with Crippen molar-refractivity contribution in [2.24, 2.45) is 0 Å². The van der Waals surface area contributed by atoms with Gasteiger partial charge < -0.3 is 19.9 Å². The predicted molar refractivity (Wildman–Crippen MR) is 97.5 cm³/mol. The minimum atomic E-state index is -1.03. The Morgan fingerprint density at radius 1 is 1.35 bits per heavy atom. The molecule has 2 rings (SSSR count). The van der Waals surface area contributed by atoms with Crippen LogP contribution < -0.4 is 14.8 Å². The van der Waals surface area contributed by atoms with Crippen molar-refractivity contribution in [3.05, 3.63) is 58.4 Å². The Morgan fingerprint density at radius 3 is 2.77 bits per heavy atom. The summed E-state index contributed by atoms with van der Waals surface area (Å²) in [5.41, 5.74) is 0.645. The number of amides is 1. The van der Waals surface area contributed by atoms with Gasteiger partial charge in [-0.15, -0.1) is 0 Å². The zero-order valence-electron chi connectivity index (χ0n) is 14.6. The highest BCUT2D eigenvalue weighted by molar-refractivity contribution is 6.32. The number of ether oxygens (including phenoxy) is 2. The van der Waals surface area contributed by atoms with Gasteiger partial charge in [-0.3, -0.25) is 4.79 Å². The highest BCUT2D eigenvalue weighted by Gasteiger charge is 2.17. The maximum atomic E-state index is 13.2. The van der Waals surface area contributed by atoms with Crippen LogP contribution in [0.2, 0.25) is 5.02 Å². The summed E-state index contributed by atoms with van der Waals surface area (Å²) in [6.07, 6.45) is -0.223. The first-order chi connectivity index (χ1) is 12.5. The maximum Gasteiger partial charge on any atom is 0.251 e. The zero-order valence-corrected chi connectivity index (χ0v) is 15.3. The molecule has 0 radical (unpaired) electrons. The summed E-state index contributed by atoms with van der Waals surface area (Å²) < 4.78 is 24.0. The third-order valence-corrected chi connectivity index (χ3v) is 3.91. The molecule has 0 aromatic heterocycles. The van der Waals surface area contributed by atoms with Crippen LogP contribution in [0.3, 0.4) is 0 Å². The molecule has 0 fully saturated rings. The molecule has 0 heterocycles. The van der Waals surface area contributed by atoms with Crippen LogP contribution >= 0.6 is 11.6 Å². The minimum Gasteiger partial charge on any atom is -0.493 e. The Labute approximate surface area is 156 Å². The van der Waals surface area contributed by atoms with Crippen LogP contribution in [0.15, 0.2) is 36.4 Å². The average molecular weight is 382 g/mol. The molecule has 0 aliphatic heterocycles. The normalized spacial score (nSPS) is 11.7. The second kappa shape index (κ2) is 9.40. The molecule has 5 nitrogen and oxygen atoms in total. The van der Waals surface area contributed by atoms with Crippen molar-refractivity contribution in [3.8, 4) is 11.5 Å². The molecule has 2 aromatic rings. The molecule has 0 bridgehead atoms. The second-order valence-corrected chi connectivity index (χ2v) is 6.03. The monoisotopic (exact) mass is 381 g/mol. The number of methoxy groups -OCH3 is 1. The fourth-order valence-electron chi connectivity index (χ4n) is 2.32. The topological polar surface area (TPSA) is 67.8 Å². The van der Waals surface area contributed by atoms with Crippen LogP contribution in [0.25, 0.3) is 0 Å². The summed E-state index contributed by atoms with van der Waals surface area (Å²) in [7, 11) is 1.46. The van der Waals surface area contributed by atoms with Crippen molar-refractivity contribution in [2.45, 2.75) is 19.4 Å². The van der Waals surface area contributed by atoms with Gasteiger partial charge in [0.2, 0.25) is 0 Å². The molecular weight excluding hydrogens is 361 g/mol. The number of aliphatic hydroxyl groups excluding tert-OH is 1. The average Bonchev–Trinajstić information content (AvgIpc) is 2.64. The SMILES string of the molecule is CCCOc1c(Cl)cc(C(=O)NCC(O)c2cccc(F)c2)cc1OC. The first-order valence-electron chi connectivity index (χ1n) is 8.18. The number of carbonyl (C=O) groups excluding carboxylic acids is 1. The molecule has 1 amide bonds. The fourth-order valence-corrected chi connectivity index (χ4v) is 2.58. The zero-order chi connectivity index (χ0) is 19.1. The van der Waals surface area contributed by atoms with Gasteiger partial charge in [0, 0.05) is 12.1 Å². The van der Waals surface area contributed by atoms with Crippen LogP contribution in [0.4, 0.5) is 4.39 Å². The molecule has 0 aliphatic rings. The first kappa shape index (κ1) is 20.0. The minimum absolute atomic E-state index is 0.0731. The quantitative estimate of drug-likeness (QED) is 0.731.